The van der Waals surface area contributed by atoms with Gasteiger partial charge in [0.25, 0.3) is 0 Å². The molecule has 1 heterocycles. The fourth-order valence-corrected chi connectivity index (χ4v) is 2.87. The Morgan fingerprint density at radius 2 is 1.61 bits per heavy atom. The molecular formula is C22H26Br2N2NiO. The van der Waals surface area contributed by atoms with Gasteiger partial charge in [-0.25, -0.2) is 9.98 Å². The number of ether oxygens (including phenoxy) is 1. The molecule has 3 rings (SSSR count). The van der Waals surface area contributed by atoms with Gasteiger partial charge in [0.05, 0.1) is 11.7 Å². The summed E-state index contributed by atoms with van der Waals surface area (Å²) in [6.07, 6.45) is 0. The fraction of sp³-hybridized carbons (Fsp3) is 0.364. The fourth-order valence-electron chi connectivity index (χ4n) is 2.87. The van der Waals surface area contributed by atoms with Crippen molar-refractivity contribution in [1.29, 1.82) is 0 Å². The molecule has 0 bridgehead atoms. The van der Waals surface area contributed by atoms with Gasteiger partial charge in [-0.1, -0.05) is 69.3 Å². The Bertz CT molecular complexity index is 825. The molecule has 0 N–H and O–H groups in total. The zero-order valence-electron chi connectivity index (χ0n) is 16.8. The predicted molar refractivity (Wildman–Crippen MR) is 123 cm³/mol. The van der Waals surface area contributed by atoms with E-state index in [-0.39, 0.29) is 11.5 Å². The van der Waals surface area contributed by atoms with Crippen LogP contribution in [0.2, 0.25) is 0 Å². The molecule has 0 saturated carbocycles. The Morgan fingerprint density at radius 3 is 2.11 bits per heavy atom. The van der Waals surface area contributed by atoms with Gasteiger partial charge in [0, 0.05) is 5.56 Å². The van der Waals surface area contributed by atoms with E-state index in [1.165, 1.54) is 10.9 Å². The van der Waals surface area contributed by atoms with E-state index in [0.29, 0.717) is 12.5 Å². The summed E-state index contributed by atoms with van der Waals surface area (Å²) in [6, 6.07) is 16.5. The molecule has 0 aliphatic carbocycles. The van der Waals surface area contributed by atoms with Crippen molar-refractivity contribution in [1.82, 2.24) is 0 Å². The van der Waals surface area contributed by atoms with Crippen molar-refractivity contribution in [2.75, 3.05) is 6.61 Å². The summed E-state index contributed by atoms with van der Waals surface area (Å²) >= 11 is 6.00. The molecule has 2 aromatic carbocycles. The van der Waals surface area contributed by atoms with Crippen molar-refractivity contribution < 1.29 is 15.6 Å². The van der Waals surface area contributed by atoms with E-state index < -0.39 is 0 Å². The number of aliphatic imine (C=N–C) groups is 2. The van der Waals surface area contributed by atoms with Gasteiger partial charge in [0.1, 0.15) is 12.3 Å². The maximum absolute atomic E-state index is 5.98. The second-order valence-corrected chi connectivity index (χ2v) is 12.7. The van der Waals surface area contributed by atoms with Crippen LogP contribution in [0.1, 0.15) is 37.5 Å². The van der Waals surface area contributed by atoms with Crippen LogP contribution in [-0.2, 0) is 15.6 Å². The number of rotatable bonds is 3. The molecular weight excluding hydrogens is 527 g/mol. The van der Waals surface area contributed by atoms with Crippen LogP contribution in [0.5, 0.6) is 0 Å². The Labute approximate surface area is 188 Å². The summed E-state index contributed by atoms with van der Waals surface area (Å²) < 4.78 is 5.98. The van der Waals surface area contributed by atoms with Gasteiger partial charge < -0.3 is 4.74 Å². The summed E-state index contributed by atoms with van der Waals surface area (Å²) in [5.41, 5.74) is 5.20. The molecule has 3 nitrogen and oxygen atoms in total. The van der Waals surface area contributed by atoms with E-state index in [1.54, 1.807) is 0 Å². The van der Waals surface area contributed by atoms with Crippen molar-refractivity contribution in [3.05, 3.63) is 65.2 Å². The van der Waals surface area contributed by atoms with Crippen molar-refractivity contribution in [3.63, 3.8) is 0 Å². The van der Waals surface area contributed by atoms with Gasteiger partial charge in [-0.2, -0.15) is 0 Å². The van der Waals surface area contributed by atoms with Crippen molar-refractivity contribution >= 4 is 45.7 Å². The molecule has 0 saturated heterocycles. The van der Waals surface area contributed by atoms with E-state index in [0.717, 1.165) is 28.1 Å². The van der Waals surface area contributed by atoms with E-state index in [9.17, 15) is 0 Å². The summed E-state index contributed by atoms with van der Waals surface area (Å²) in [5.74, 6) is 0.647. The molecule has 0 unspecified atom stereocenters. The second kappa shape index (κ2) is 10.7. The average molecular weight is 553 g/mol. The van der Waals surface area contributed by atoms with Crippen molar-refractivity contribution in [2.45, 2.75) is 40.7 Å². The summed E-state index contributed by atoms with van der Waals surface area (Å²) in [6.45, 7) is 11.4. The first-order chi connectivity index (χ1) is 13.3. The number of hydrogen-bond donors (Lipinski definition) is 0. The number of para-hydroxylation sites is 1. The quantitative estimate of drug-likeness (QED) is 0.299. The zero-order chi connectivity index (χ0) is 20.7. The molecule has 1 aliphatic heterocycles. The van der Waals surface area contributed by atoms with Crippen LogP contribution in [0.15, 0.2) is 58.5 Å². The molecule has 0 radical (unpaired) electrons. The Kier molecular flexibility index (Phi) is 8.92. The van der Waals surface area contributed by atoms with Crippen LogP contribution < -0.4 is 0 Å². The second-order valence-electron chi connectivity index (χ2n) is 7.74. The summed E-state index contributed by atoms with van der Waals surface area (Å²) in [5, 5.41) is 0. The Balaban J connectivity index is 0.000000878. The van der Waals surface area contributed by atoms with Crippen LogP contribution >= 0.6 is 28.5 Å². The number of benzene rings is 2. The third kappa shape index (κ3) is 6.27. The maximum atomic E-state index is 5.98. The third-order valence-electron chi connectivity index (χ3n) is 4.56. The van der Waals surface area contributed by atoms with Gasteiger partial charge in [-0.3, -0.25) is 0 Å². The van der Waals surface area contributed by atoms with E-state index in [1.807, 2.05) is 18.2 Å². The standard InChI is InChI=1S/C22H26N2O.2BrH.Ni/c1-15-10-9-11-16(2)19(15)24-20(17-12-7-6-8-13-17)21-23-18(14-25-21)22(3,4)5;;;/h6-13,18H,14H2,1-5H3;2*1H;/q;;;+2/p-2/t18-;;;/m1.../s1. The third-order valence-corrected chi connectivity index (χ3v) is 4.56. The van der Waals surface area contributed by atoms with Crippen LogP contribution in [0.4, 0.5) is 5.69 Å². The monoisotopic (exact) mass is 550 g/mol. The molecule has 1 aliphatic rings. The van der Waals surface area contributed by atoms with Crippen molar-refractivity contribution in [3.8, 4) is 0 Å². The molecule has 0 aromatic heterocycles. The van der Waals surface area contributed by atoms with Gasteiger partial charge in [0.15, 0.2) is 0 Å². The van der Waals surface area contributed by atoms with E-state index >= 15 is 0 Å². The topological polar surface area (TPSA) is 34.0 Å². The van der Waals surface area contributed by atoms with Gasteiger partial charge in [-0.15, -0.1) is 0 Å². The normalized spacial score (nSPS) is 16.9. The summed E-state index contributed by atoms with van der Waals surface area (Å²) in [7, 11) is 1.25. The molecule has 1 atom stereocenters. The SMILES string of the molecule is Cc1cccc(C)c1N=C(C1=N[C@@H](C(C)(C)C)CO1)c1ccccc1.[Br][Ni][Br]. The molecule has 0 amide bonds. The van der Waals surface area contributed by atoms with E-state index in [2.05, 4.69) is 93.4 Å². The van der Waals surface area contributed by atoms with Crippen LogP contribution in [0, 0.1) is 19.3 Å². The molecule has 28 heavy (non-hydrogen) atoms. The number of aryl methyl sites for hydroxylation is 2. The minimum atomic E-state index is 0.0716. The molecule has 6 heteroatoms. The van der Waals surface area contributed by atoms with Crippen molar-refractivity contribution in [2.24, 2.45) is 15.4 Å². The summed E-state index contributed by atoms with van der Waals surface area (Å²) in [4.78, 5) is 9.84. The van der Waals surface area contributed by atoms with E-state index in [4.69, 9.17) is 14.7 Å². The Hall–Kier alpha value is -0.966. The predicted octanol–water partition coefficient (Wildman–Crippen LogP) is 6.96. The number of halogens is 2. The molecule has 0 fully saturated rings. The molecule has 0 spiro atoms. The number of hydrogen-bond acceptors (Lipinski definition) is 3. The molecule has 2 aromatic rings. The van der Waals surface area contributed by atoms with Gasteiger partial charge in [-0.05, 0) is 30.4 Å². The van der Waals surface area contributed by atoms with Crippen LogP contribution in [0.25, 0.3) is 0 Å². The van der Waals surface area contributed by atoms with Gasteiger partial charge in [0.2, 0.25) is 5.90 Å². The average Bonchev–Trinajstić information content (AvgIpc) is 3.13. The minimum absolute atomic E-state index is 0.0716. The first-order valence-corrected chi connectivity index (χ1v) is 13.9. The zero-order valence-corrected chi connectivity index (χ0v) is 20.9. The number of nitrogens with zero attached hydrogens (tertiary/aromatic N) is 2. The van der Waals surface area contributed by atoms with Crippen LogP contribution in [0.3, 0.4) is 0 Å². The first-order valence-electron chi connectivity index (χ1n) is 9.01. The van der Waals surface area contributed by atoms with Crippen LogP contribution in [-0.4, -0.2) is 24.3 Å². The first kappa shape index (κ1) is 23.3. The molecule has 154 valence electrons. The Morgan fingerprint density at radius 1 is 1.04 bits per heavy atom. The van der Waals surface area contributed by atoms with Gasteiger partial charge >= 0.3 is 39.3 Å².